The standard InChI is InChI=1S/C13H16F2N2O/c14-9-4-5-11(15)10(7-9)12(16)8-17-6-2-1-3-13(17)18/h4-5,7,12H,1-3,6,8,16H2. The molecular formula is C13H16F2N2O. The van der Waals surface area contributed by atoms with Crippen LogP contribution in [0.3, 0.4) is 0 Å². The highest BCUT2D eigenvalue weighted by molar-refractivity contribution is 5.76. The largest absolute Gasteiger partial charge is 0.341 e. The molecule has 5 heteroatoms. The fourth-order valence-electron chi connectivity index (χ4n) is 2.19. The number of carbonyl (C=O) groups excluding carboxylic acids is 1. The molecule has 2 N–H and O–H groups in total. The van der Waals surface area contributed by atoms with Gasteiger partial charge in [-0.05, 0) is 31.0 Å². The number of hydrogen-bond acceptors (Lipinski definition) is 2. The van der Waals surface area contributed by atoms with Crippen LogP contribution in [0.15, 0.2) is 18.2 Å². The fourth-order valence-corrected chi connectivity index (χ4v) is 2.19. The highest BCUT2D eigenvalue weighted by Crippen LogP contribution is 2.19. The minimum absolute atomic E-state index is 0.0357. The normalized spacial score (nSPS) is 17.9. The average molecular weight is 254 g/mol. The third kappa shape index (κ3) is 2.85. The van der Waals surface area contributed by atoms with Crippen LogP contribution in [0.5, 0.6) is 0 Å². The maximum Gasteiger partial charge on any atom is 0.222 e. The second-order valence-electron chi connectivity index (χ2n) is 4.57. The van der Waals surface area contributed by atoms with Crippen molar-refractivity contribution in [2.45, 2.75) is 25.3 Å². The highest BCUT2D eigenvalue weighted by Gasteiger charge is 2.22. The van der Waals surface area contributed by atoms with Crippen molar-refractivity contribution < 1.29 is 13.6 Å². The molecule has 0 aliphatic carbocycles. The third-order valence-corrected chi connectivity index (χ3v) is 3.20. The van der Waals surface area contributed by atoms with Gasteiger partial charge in [-0.2, -0.15) is 0 Å². The van der Waals surface area contributed by atoms with Gasteiger partial charge in [0.2, 0.25) is 5.91 Å². The molecule has 0 bridgehead atoms. The molecule has 0 spiro atoms. The highest BCUT2D eigenvalue weighted by atomic mass is 19.1. The molecule has 18 heavy (non-hydrogen) atoms. The molecule has 0 radical (unpaired) electrons. The lowest BCUT2D eigenvalue weighted by molar-refractivity contribution is -0.133. The van der Waals surface area contributed by atoms with Crippen LogP contribution >= 0.6 is 0 Å². The van der Waals surface area contributed by atoms with E-state index in [1.807, 2.05) is 0 Å². The van der Waals surface area contributed by atoms with E-state index in [0.29, 0.717) is 13.0 Å². The number of likely N-dealkylation sites (tertiary alicyclic amines) is 1. The first-order valence-corrected chi connectivity index (χ1v) is 6.06. The van der Waals surface area contributed by atoms with Crippen LogP contribution in [0.1, 0.15) is 30.9 Å². The van der Waals surface area contributed by atoms with Gasteiger partial charge in [0.25, 0.3) is 0 Å². The van der Waals surface area contributed by atoms with Gasteiger partial charge in [-0.25, -0.2) is 8.78 Å². The molecule has 1 fully saturated rings. The number of piperidine rings is 1. The number of halogens is 2. The summed E-state index contributed by atoms with van der Waals surface area (Å²) in [6.07, 6.45) is 2.33. The Balaban J connectivity index is 2.08. The van der Waals surface area contributed by atoms with Gasteiger partial charge < -0.3 is 10.6 Å². The number of nitrogens with two attached hydrogens (primary N) is 1. The molecule has 2 rings (SSSR count). The van der Waals surface area contributed by atoms with Crippen LogP contribution in [0, 0.1) is 11.6 Å². The summed E-state index contributed by atoms with van der Waals surface area (Å²) < 4.78 is 26.6. The van der Waals surface area contributed by atoms with Crippen molar-refractivity contribution in [2.75, 3.05) is 13.1 Å². The molecule has 1 aliphatic rings. The summed E-state index contributed by atoms with van der Waals surface area (Å²) in [5, 5.41) is 0. The van der Waals surface area contributed by atoms with Crippen LogP contribution in [0.4, 0.5) is 8.78 Å². The van der Waals surface area contributed by atoms with Gasteiger partial charge in [0.05, 0.1) is 6.04 Å². The maximum absolute atomic E-state index is 13.5. The zero-order valence-corrected chi connectivity index (χ0v) is 10.0. The SMILES string of the molecule is NC(CN1CCCCC1=O)c1cc(F)ccc1F. The summed E-state index contributed by atoms with van der Waals surface area (Å²) in [6.45, 7) is 0.878. The lowest BCUT2D eigenvalue weighted by Gasteiger charge is -2.29. The van der Waals surface area contributed by atoms with E-state index in [-0.39, 0.29) is 18.0 Å². The Labute approximate surface area is 105 Å². The first-order valence-electron chi connectivity index (χ1n) is 6.06. The molecule has 0 saturated carbocycles. The van der Waals surface area contributed by atoms with Gasteiger partial charge >= 0.3 is 0 Å². The second-order valence-corrected chi connectivity index (χ2v) is 4.57. The van der Waals surface area contributed by atoms with Gasteiger partial charge in [0.15, 0.2) is 0 Å². The Morgan fingerprint density at radius 2 is 2.11 bits per heavy atom. The van der Waals surface area contributed by atoms with Crippen molar-refractivity contribution in [3.8, 4) is 0 Å². The Bertz CT molecular complexity index is 451. The number of hydrogen-bond donors (Lipinski definition) is 1. The molecule has 98 valence electrons. The van der Waals surface area contributed by atoms with Crippen molar-refractivity contribution in [2.24, 2.45) is 5.73 Å². The van der Waals surface area contributed by atoms with E-state index in [4.69, 9.17) is 5.73 Å². The van der Waals surface area contributed by atoms with Crippen molar-refractivity contribution in [3.63, 3.8) is 0 Å². The maximum atomic E-state index is 13.5. The fraction of sp³-hybridized carbons (Fsp3) is 0.462. The van der Waals surface area contributed by atoms with E-state index < -0.39 is 17.7 Å². The molecule has 1 amide bonds. The predicted octanol–water partition coefficient (Wildman–Crippen LogP) is 1.98. The molecular weight excluding hydrogens is 238 g/mol. The average Bonchev–Trinajstić information content (AvgIpc) is 2.35. The van der Waals surface area contributed by atoms with Crippen LogP contribution in [-0.2, 0) is 4.79 Å². The minimum atomic E-state index is -0.692. The quantitative estimate of drug-likeness (QED) is 0.896. The number of rotatable bonds is 3. The predicted molar refractivity (Wildman–Crippen MR) is 63.7 cm³/mol. The first kappa shape index (κ1) is 13.0. The number of benzene rings is 1. The number of amides is 1. The second kappa shape index (κ2) is 5.44. The number of nitrogens with zero attached hydrogens (tertiary/aromatic N) is 1. The van der Waals surface area contributed by atoms with E-state index >= 15 is 0 Å². The van der Waals surface area contributed by atoms with Gasteiger partial charge in [-0.15, -0.1) is 0 Å². The zero-order valence-electron chi connectivity index (χ0n) is 10.0. The molecule has 1 aliphatic heterocycles. The number of carbonyl (C=O) groups is 1. The van der Waals surface area contributed by atoms with Gasteiger partial charge in [0.1, 0.15) is 11.6 Å². The smallest absolute Gasteiger partial charge is 0.222 e. The van der Waals surface area contributed by atoms with Crippen molar-refractivity contribution in [1.82, 2.24) is 4.90 Å². The van der Waals surface area contributed by atoms with Gasteiger partial charge in [-0.1, -0.05) is 0 Å². The lowest BCUT2D eigenvalue weighted by Crippen LogP contribution is -2.40. The third-order valence-electron chi connectivity index (χ3n) is 3.20. The topological polar surface area (TPSA) is 46.3 Å². The molecule has 1 aromatic rings. The molecule has 1 saturated heterocycles. The summed E-state index contributed by atoms with van der Waals surface area (Å²) in [5.41, 5.74) is 5.98. The van der Waals surface area contributed by atoms with Crippen molar-refractivity contribution in [1.29, 1.82) is 0 Å². The molecule has 3 nitrogen and oxygen atoms in total. The summed E-state index contributed by atoms with van der Waals surface area (Å²) in [6, 6.07) is 2.51. The van der Waals surface area contributed by atoms with Crippen LogP contribution in [0.25, 0.3) is 0 Å². The Kier molecular flexibility index (Phi) is 3.91. The van der Waals surface area contributed by atoms with Gasteiger partial charge in [-0.3, -0.25) is 4.79 Å². The Morgan fingerprint density at radius 3 is 2.83 bits per heavy atom. The first-order chi connectivity index (χ1) is 8.58. The van der Waals surface area contributed by atoms with E-state index in [1.165, 1.54) is 0 Å². The van der Waals surface area contributed by atoms with Crippen molar-refractivity contribution >= 4 is 5.91 Å². The molecule has 1 unspecified atom stereocenters. The van der Waals surface area contributed by atoms with Crippen LogP contribution in [0.2, 0.25) is 0 Å². The Hall–Kier alpha value is -1.49. The molecule has 1 heterocycles. The Morgan fingerprint density at radius 1 is 1.33 bits per heavy atom. The summed E-state index contributed by atoms with van der Waals surface area (Å²) in [7, 11) is 0. The van der Waals surface area contributed by atoms with Crippen LogP contribution < -0.4 is 5.73 Å². The van der Waals surface area contributed by atoms with Gasteiger partial charge in [0, 0.05) is 25.1 Å². The van der Waals surface area contributed by atoms with E-state index in [2.05, 4.69) is 0 Å². The van der Waals surface area contributed by atoms with E-state index in [0.717, 1.165) is 31.0 Å². The van der Waals surface area contributed by atoms with Crippen LogP contribution in [-0.4, -0.2) is 23.9 Å². The summed E-state index contributed by atoms with van der Waals surface area (Å²) in [4.78, 5) is 13.2. The van der Waals surface area contributed by atoms with Crippen molar-refractivity contribution in [3.05, 3.63) is 35.4 Å². The molecule has 0 aromatic heterocycles. The summed E-state index contributed by atoms with van der Waals surface area (Å²) >= 11 is 0. The monoisotopic (exact) mass is 254 g/mol. The summed E-state index contributed by atoms with van der Waals surface area (Å²) in [5.74, 6) is -1.02. The van der Waals surface area contributed by atoms with E-state index in [9.17, 15) is 13.6 Å². The molecule has 1 atom stereocenters. The minimum Gasteiger partial charge on any atom is -0.341 e. The molecule has 1 aromatic carbocycles. The lowest BCUT2D eigenvalue weighted by atomic mass is 10.0. The zero-order chi connectivity index (χ0) is 13.1. The van der Waals surface area contributed by atoms with E-state index in [1.54, 1.807) is 4.90 Å².